The molecule has 0 bridgehead atoms. The minimum Gasteiger partial charge on any atom is -0.399 e. The molecule has 32 heavy (non-hydrogen) atoms. The molecule has 3 heterocycles. The maximum Gasteiger partial charge on any atom is 0.494 e. The zero-order chi connectivity index (χ0) is 22.7. The van der Waals surface area contributed by atoms with Gasteiger partial charge in [0.2, 0.25) is 0 Å². The van der Waals surface area contributed by atoms with Crippen LogP contribution < -0.4 is 5.46 Å². The fraction of sp³-hybridized carbons (Fsp3) is 0.520. The summed E-state index contributed by atoms with van der Waals surface area (Å²) in [6.45, 7) is 8.66. The molecule has 1 saturated carbocycles. The topological polar surface area (TPSA) is 51.7 Å². The quantitative estimate of drug-likeness (QED) is 0.670. The summed E-state index contributed by atoms with van der Waals surface area (Å²) < 4.78 is 28.0. The van der Waals surface area contributed by atoms with Crippen LogP contribution in [0.15, 0.2) is 30.5 Å². The van der Waals surface area contributed by atoms with E-state index in [1.54, 1.807) is 23.2 Å². The normalized spacial score (nSPS) is 22.1. The Morgan fingerprint density at radius 1 is 1.16 bits per heavy atom. The van der Waals surface area contributed by atoms with Gasteiger partial charge in [0, 0.05) is 18.3 Å². The molecule has 0 unspecified atom stereocenters. The molecule has 0 radical (unpaired) electrons. The van der Waals surface area contributed by atoms with E-state index in [0.29, 0.717) is 29.1 Å². The van der Waals surface area contributed by atoms with E-state index >= 15 is 4.39 Å². The van der Waals surface area contributed by atoms with Crippen LogP contribution in [0.4, 0.5) is 4.39 Å². The molecule has 1 amide bonds. The van der Waals surface area contributed by atoms with Crippen molar-refractivity contribution in [2.24, 2.45) is 0 Å². The molecule has 2 aromatic rings. The second kappa shape index (κ2) is 7.67. The fourth-order valence-electron chi connectivity index (χ4n) is 5.06. The molecular weight excluding hydrogens is 406 g/mol. The Labute approximate surface area is 189 Å². The second-order valence-corrected chi connectivity index (χ2v) is 10.3. The maximum atomic E-state index is 15.6. The highest BCUT2D eigenvalue weighted by molar-refractivity contribution is 6.62. The Balaban J connectivity index is 1.49. The lowest BCUT2D eigenvalue weighted by Gasteiger charge is -2.32. The summed E-state index contributed by atoms with van der Waals surface area (Å²) in [4.78, 5) is 18.9. The summed E-state index contributed by atoms with van der Waals surface area (Å²) in [6.07, 6.45) is 6.05. The number of amides is 1. The highest BCUT2D eigenvalue weighted by Crippen LogP contribution is 2.39. The molecule has 0 N–H and O–H groups in total. The number of hydrogen-bond acceptors (Lipinski definition) is 4. The van der Waals surface area contributed by atoms with Gasteiger partial charge in [0.25, 0.3) is 5.91 Å². The Bertz CT molecular complexity index is 1050. The van der Waals surface area contributed by atoms with Gasteiger partial charge in [0.15, 0.2) is 0 Å². The predicted octanol–water partition coefficient (Wildman–Crippen LogP) is 4.33. The van der Waals surface area contributed by atoms with Crippen molar-refractivity contribution in [3.05, 3.63) is 58.7 Å². The first kappa shape index (κ1) is 21.6. The number of benzene rings is 1. The number of aromatic nitrogens is 1. The summed E-state index contributed by atoms with van der Waals surface area (Å²) >= 11 is 0. The highest BCUT2D eigenvalue weighted by atomic mass is 19.1. The molecule has 1 aromatic heterocycles. The van der Waals surface area contributed by atoms with Crippen LogP contribution in [0, 0.1) is 5.82 Å². The Morgan fingerprint density at radius 2 is 1.84 bits per heavy atom. The van der Waals surface area contributed by atoms with Crippen molar-refractivity contribution in [2.45, 2.75) is 83.6 Å². The van der Waals surface area contributed by atoms with Gasteiger partial charge in [-0.1, -0.05) is 18.9 Å². The molecule has 2 fully saturated rings. The monoisotopic (exact) mass is 436 g/mol. The van der Waals surface area contributed by atoms with Gasteiger partial charge in [0.1, 0.15) is 5.82 Å². The molecule has 7 heteroatoms. The van der Waals surface area contributed by atoms with Gasteiger partial charge in [-0.3, -0.25) is 9.78 Å². The van der Waals surface area contributed by atoms with Crippen LogP contribution in [0.3, 0.4) is 0 Å². The minimum atomic E-state index is -0.606. The van der Waals surface area contributed by atoms with Gasteiger partial charge in [-0.2, -0.15) is 0 Å². The molecule has 1 aromatic carbocycles. The Morgan fingerprint density at radius 3 is 2.50 bits per heavy atom. The second-order valence-electron chi connectivity index (χ2n) is 10.3. The number of pyridine rings is 1. The van der Waals surface area contributed by atoms with Crippen molar-refractivity contribution in [1.29, 1.82) is 0 Å². The smallest absolute Gasteiger partial charge is 0.399 e. The van der Waals surface area contributed by atoms with Crippen LogP contribution >= 0.6 is 0 Å². The third-order valence-corrected chi connectivity index (χ3v) is 7.67. The van der Waals surface area contributed by atoms with E-state index in [9.17, 15) is 4.79 Å². The molecule has 5 nitrogen and oxygen atoms in total. The maximum absolute atomic E-state index is 15.6. The van der Waals surface area contributed by atoms with E-state index < -0.39 is 18.3 Å². The summed E-state index contributed by atoms with van der Waals surface area (Å²) in [7, 11) is -0.606. The first-order chi connectivity index (χ1) is 15.2. The standard InChI is InChI=1S/C25H30BFN2O3/c1-24(2)25(3,4)32-26(31-24)17-12-19(16-8-5-6-9-16)20(21(27)13-17)14-29-15-22-18(23(29)30)10-7-11-28-22/h7,10-13,16H,5-6,8-9,14-15H2,1-4H3. The van der Waals surface area contributed by atoms with Crippen LogP contribution in [0.2, 0.25) is 0 Å². The van der Waals surface area contributed by atoms with Crippen LogP contribution in [-0.2, 0) is 22.4 Å². The number of hydrogen-bond donors (Lipinski definition) is 0. The van der Waals surface area contributed by atoms with Crippen molar-refractivity contribution in [3.63, 3.8) is 0 Å². The third-order valence-electron chi connectivity index (χ3n) is 7.67. The predicted molar refractivity (Wildman–Crippen MR) is 121 cm³/mol. The minimum absolute atomic E-state index is 0.0834. The van der Waals surface area contributed by atoms with Crippen LogP contribution in [0.25, 0.3) is 0 Å². The summed E-state index contributed by atoms with van der Waals surface area (Å²) in [5.41, 5.74) is 2.72. The SMILES string of the molecule is CC1(C)OB(c2cc(F)c(CN3Cc4ncccc4C3=O)c(C3CCCC3)c2)OC1(C)C. The lowest BCUT2D eigenvalue weighted by atomic mass is 9.76. The number of carbonyl (C=O) groups excluding carboxylic acids is 1. The fourth-order valence-corrected chi connectivity index (χ4v) is 5.06. The molecule has 2 aliphatic heterocycles. The molecular formula is C25H30BFN2O3. The van der Waals surface area contributed by atoms with Gasteiger partial charge in [-0.15, -0.1) is 0 Å². The largest absolute Gasteiger partial charge is 0.494 e. The molecule has 1 aliphatic carbocycles. The van der Waals surface area contributed by atoms with Gasteiger partial charge in [-0.25, -0.2) is 4.39 Å². The van der Waals surface area contributed by atoms with Crippen molar-refractivity contribution < 1.29 is 18.5 Å². The van der Waals surface area contributed by atoms with Crippen LogP contribution in [-0.4, -0.2) is 34.1 Å². The van der Waals surface area contributed by atoms with Crippen molar-refractivity contribution in [2.75, 3.05) is 0 Å². The van der Waals surface area contributed by atoms with Gasteiger partial charge in [-0.05, 0) is 75.7 Å². The molecule has 0 atom stereocenters. The average Bonchev–Trinajstić information content (AvgIpc) is 3.42. The number of carbonyl (C=O) groups is 1. The average molecular weight is 436 g/mol. The summed E-state index contributed by atoms with van der Waals surface area (Å²) in [5, 5.41) is 0. The molecule has 3 aliphatic rings. The number of rotatable bonds is 4. The Kier molecular flexibility index (Phi) is 5.17. The van der Waals surface area contributed by atoms with Gasteiger partial charge in [0.05, 0.1) is 29.0 Å². The lowest BCUT2D eigenvalue weighted by Crippen LogP contribution is -2.41. The van der Waals surface area contributed by atoms with E-state index in [1.165, 1.54) is 6.07 Å². The number of nitrogens with zero attached hydrogens (tertiary/aromatic N) is 2. The van der Waals surface area contributed by atoms with E-state index in [1.807, 2.05) is 27.7 Å². The van der Waals surface area contributed by atoms with E-state index in [2.05, 4.69) is 11.1 Å². The van der Waals surface area contributed by atoms with Crippen molar-refractivity contribution in [1.82, 2.24) is 9.88 Å². The molecule has 168 valence electrons. The number of halogens is 1. The first-order valence-corrected chi connectivity index (χ1v) is 11.6. The lowest BCUT2D eigenvalue weighted by molar-refractivity contribution is 0.00578. The summed E-state index contributed by atoms with van der Waals surface area (Å²) in [6, 6.07) is 7.15. The summed E-state index contributed by atoms with van der Waals surface area (Å²) in [5.74, 6) is -0.0872. The van der Waals surface area contributed by atoms with Crippen LogP contribution in [0.5, 0.6) is 0 Å². The first-order valence-electron chi connectivity index (χ1n) is 11.6. The van der Waals surface area contributed by atoms with Crippen molar-refractivity contribution >= 4 is 18.5 Å². The molecule has 5 rings (SSSR count). The van der Waals surface area contributed by atoms with Gasteiger partial charge < -0.3 is 14.2 Å². The molecule has 1 saturated heterocycles. The van der Waals surface area contributed by atoms with E-state index in [4.69, 9.17) is 9.31 Å². The zero-order valence-corrected chi connectivity index (χ0v) is 19.3. The van der Waals surface area contributed by atoms with Crippen LogP contribution in [0.1, 0.15) is 86.5 Å². The van der Waals surface area contributed by atoms with Crippen molar-refractivity contribution in [3.8, 4) is 0 Å². The zero-order valence-electron chi connectivity index (χ0n) is 19.3. The highest BCUT2D eigenvalue weighted by Gasteiger charge is 2.52. The van der Waals surface area contributed by atoms with Gasteiger partial charge >= 0.3 is 7.12 Å². The Hall–Kier alpha value is -2.25. The third kappa shape index (κ3) is 3.56. The van der Waals surface area contributed by atoms with E-state index in [-0.39, 0.29) is 18.3 Å². The van der Waals surface area contributed by atoms with E-state index in [0.717, 1.165) is 36.9 Å². The number of fused-ring (bicyclic) bond motifs is 1. The molecule has 0 spiro atoms.